The first kappa shape index (κ1) is 21.7. The summed E-state index contributed by atoms with van der Waals surface area (Å²) in [5, 5.41) is 17.9. The average Bonchev–Trinajstić information content (AvgIpc) is 3.11. The van der Waals surface area contributed by atoms with E-state index < -0.39 is 5.60 Å². The second-order valence-corrected chi connectivity index (χ2v) is 10.9. The molecule has 3 heterocycles. The number of hydrogen-bond donors (Lipinski definition) is 3. The zero-order chi connectivity index (χ0) is 22.7. The zero-order valence-corrected chi connectivity index (χ0v) is 20.3. The van der Waals surface area contributed by atoms with E-state index >= 15 is 0 Å². The molecule has 3 N–H and O–H groups in total. The van der Waals surface area contributed by atoms with Crippen molar-refractivity contribution in [3.63, 3.8) is 0 Å². The Morgan fingerprint density at radius 3 is 2.79 bits per heavy atom. The summed E-state index contributed by atoms with van der Waals surface area (Å²) < 4.78 is 0. The van der Waals surface area contributed by atoms with Crippen LogP contribution in [0.5, 0.6) is 0 Å². The molecule has 0 radical (unpaired) electrons. The van der Waals surface area contributed by atoms with E-state index in [9.17, 15) is 5.11 Å². The van der Waals surface area contributed by atoms with Crippen molar-refractivity contribution in [1.82, 2.24) is 15.2 Å². The van der Waals surface area contributed by atoms with Gasteiger partial charge in [-0.25, -0.2) is 0 Å². The Balaban J connectivity index is 1.27. The minimum Gasteiger partial charge on any atom is -0.385 e. The van der Waals surface area contributed by atoms with Gasteiger partial charge in [0, 0.05) is 34.6 Å². The van der Waals surface area contributed by atoms with Gasteiger partial charge < -0.3 is 15.4 Å². The first-order chi connectivity index (χ1) is 15.9. The molecule has 1 fully saturated rings. The molecule has 3 aliphatic rings. The number of aromatic nitrogens is 1. The number of hydrogen-bond acceptors (Lipinski definition) is 3. The predicted octanol–water partition coefficient (Wildman–Crippen LogP) is 5.37. The van der Waals surface area contributed by atoms with E-state index in [0.717, 1.165) is 48.6 Å². The average molecular weight is 482 g/mol. The topological polar surface area (TPSA) is 51.3 Å². The fourth-order valence-electron chi connectivity index (χ4n) is 6.36. The van der Waals surface area contributed by atoms with Gasteiger partial charge in [0.05, 0.1) is 5.60 Å². The molecule has 6 heteroatoms. The van der Waals surface area contributed by atoms with Gasteiger partial charge in [0.2, 0.25) is 0 Å². The lowest BCUT2D eigenvalue weighted by molar-refractivity contribution is -0.0120. The number of likely N-dealkylation sites (N-methyl/N-ethyl adjacent to an activating group) is 1. The fraction of sp³-hybridized carbons (Fsp3) is 0.407. The van der Waals surface area contributed by atoms with E-state index in [-0.39, 0.29) is 6.04 Å². The number of aliphatic hydroxyl groups is 1. The number of piperidine rings is 1. The maximum absolute atomic E-state index is 11.5. The molecule has 172 valence electrons. The summed E-state index contributed by atoms with van der Waals surface area (Å²) in [4.78, 5) is 5.85. The summed E-state index contributed by atoms with van der Waals surface area (Å²) in [7, 11) is 2.23. The third kappa shape index (κ3) is 3.73. The third-order valence-electron chi connectivity index (χ3n) is 7.94. The Morgan fingerprint density at radius 2 is 1.97 bits per heavy atom. The van der Waals surface area contributed by atoms with Crippen molar-refractivity contribution in [2.45, 2.75) is 43.4 Å². The smallest absolute Gasteiger partial charge is 0.110 e. The number of halogens is 2. The van der Waals surface area contributed by atoms with Crippen LogP contribution in [0.25, 0.3) is 16.5 Å². The SMILES string of the molecule is CN1C[C@@H](CC2CC(O)(c3ccc(Cl)cc3)CCN2)C=C2c3cccc4[nH]c(Cl)c(c34)C[C@H]21. The Kier molecular flexibility index (Phi) is 5.35. The predicted molar refractivity (Wildman–Crippen MR) is 136 cm³/mol. The number of nitrogens with one attached hydrogen (secondary N) is 2. The van der Waals surface area contributed by atoms with Crippen molar-refractivity contribution in [3.05, 3.63) is 75.4 Å². The van der Waals surface area contributed by atoms with Gasteiger partial charge in [-0.15, -0.1) is 0 Å². The maximum Gasteiger partial charge on any atom is 0.110 e. The van der Waals surface area contributed by atoms with Crippen molar-refractivity contribution in [1.29, 1.82) is 0 Å². The van der Waals surface area contributed by atoms with E-state index in [1.165, 1.54) is 22.1 Å². The third-order valence-corrected chi connectivity index (χ3v) is 8.51. The molecule has 4 atom stereocenters. The van der Waals surface area contributed by atoms with Crippen LogP contribution < -0.4 is 5.32 Å². The molecule has 3 aromatic rings. The fourth-order valence-corrected chi connectivity index (χ4v) is 6.76. The van der Waals surface area contributed by atoms with Gasteiger partial charge in [-0.3, -0.25) is 4.90 Å². The highest BCUT2D eigenvalue weighted by Crippen LogP contribution is 2.44. The summed E-state index contributed by atoms with van der Waals surface area (Å²) in [6, 6.07) is 14.8. The standard InChI is InChI=1S/C27H29Cl2N3O/c1-32-15-16(11-19-14-27(33,9-10-30-19)17-5-7-18(28)8-6-17)12-21-20-3-2-4-23-25(20)22(13-24(21)32)26(29)31-23/h2-8,12,16,19,24,30-31,33H,9-11,13-15H2,1H3/t16-,19?,24+,27?/m0/s1. The summed E-state index contributed by atoms with van der Waals surface area (Å²) in [6.07, 6.45) is 5.89. The van der Waals surface area contributed by atoms with Crippen LogP contribution in [0.15, 0.2) is 48.5 Å². The molecule has 0 spiro atoms. The monoisotopic (exact) mass is 481 g/mol. The summed E-state index contributed by atoms with van der Waals surface area (Å²) in [5.41, 5.74) is 5.27. The zero-order valence-electron chi connectivity index (χ0n) is 18.7. The summed E-state index contributed by atoms with van der Waals surface area (Å²) >= 11 is 12.6. The highest BCUT2D eigenvalue weighted by molar-refractivity contribution is 6.32. The molecular formula is C27H29Cl2N3O. The van der Waals surface area contributed by atoms with Crippen LogP contribution in [0, 0.1) is 5.92 Å². The number of nitrogens with zero attached hydrogens (tertiary/aromatic N) is 1. The van der Waals surface area contributed by atoms with Crippen LogP contribution in [-0.4, -0.2) is 47.2 Å². The summed E-state index contributed by atoms with van der Waals surface area (Å²) in [5.74, 6) is 0.428. The van der Waals surface area contributed by atoms with E-state index in [1.54, 1.807) is 0 Å². The number of H-pyrrole nitrogens is 1. The van der Waals surface area contributed by atoms with Gasteiger partial charge in [-0.05, 0) is 85.7 Å². The molecule has 1 saturated heterocycles. The van der Waals surface area contributed by atoms with Crippen molar-refractivity contribution in [2.24, 2.45) is 5.92 Å². The van der Waals surface area contributed by atoms with Gasteiger partial charge >= 0.3 is 0 Å². The van der Waals surface area contributed by atoms with Gasteiger partial charge in [0.15, 0.2) is 0 Å². The van der Waals surface area contributed by atoms with Gasteiger partial charge in [0.25, 0.3) is 0 Å². The molecule has 0 amide bonds. The van der Waals surface area contributed by atoms with Crippen molar-refractivity contribution in [2.75, 3.05) is 20.1 Å². The van der Waals surface area contributed by atoms with Crippen LogP contribution in [0.3, 0.4) is 0 Å². The van der Waals surface area contributed by atoms with Crippen LogP contribution >= 0.6 is 23.2 Å². The molecule has 2 aliphatic heterocycles. The maximum atomic E-state index is 11.5. The van der Waals surface area contributed by atoms with Crippen molar-refractivity contribution in [3.8, 4) is 0 Å². The summed E-state index contributed by atoms with van der Waals surface area (Å²) in [6.45, 7) is 1.83. The van der Waals surface area contributed by atoms with Crippen molar-refractivity contribution >= 4 is 39.7 Å². The molecule has 1 aliphatic carbocycles. The quantitative estimate of drug-likeness (QED) is 0.470. The van der Waals surface area contributed by atoms with Crippen LogP contribution in [0.2, 0.25) is 10.2 Å². The molecule has 6 rings (SSSR count). The van der Waals surface area contributed by atoms with Gasteiger partial charge in [-0.1, -0.05) is 53.5 Å². The molecule has 0 saturated carbocycles. The molecular weight excluding hydrogens is 453 g/mol. The molecule has 4 nitrogen and oxygen atoms in total. The second kappa shape index (κ2) is 8.14. The van der Waals surface area contributed by atoms with E-state index in [0.29, 0.717) is 23.4 Å². The Hall–Kier alpha value is -1.82. The van der Waals surface area contributed by atoms with Crippen LogP contribution in [-0.2, 0) is 12.0 Å². The normalized spacial score (nSPS) is 29.7. The molecule has 2 aromatic carbocycles. The Labute approximate surface area is 204 Å². The van der Waals surface area contributed by atoms with Crippen LogP contribution in [0.1, 0.15) is 36.0 Å². The van der Waals surface area contributed by atoms with Crippen LogP contribution in [0.4, 0.5) is 0 Å². The minimum atomic E-state index is -0.802. The number of rotatable bonds is 3. The minimum absolute atomic E-state index is 0.267. The van der Waals surface area contributed by atoms with E-state index in [1.807, 2.05) is 24.3 Å². The molecule has 33 heavy (non-hydrogen) atoms. The van der Waals surface area contributed by atoms with Gasteiger partial charge in [0.1, 0.15) is 5.15 Å². The Bertz CT molecular complexity index is 1230. The number of aromatic amines is 1. The number of fused-ring (bicyclic) bond motifs is 2. The highest BCUT2D eigenvalue weighted by Gasteiger charge is 2.39. The molecule has 2 unspecified atom stereocenters. The van der Waals surface area contributed by atoms with E-state index in [4.69, 9.17) is 23.2 Å². The van der Waals surface area contributed by atoms with Gasteiger partial charge in [-0.2, -0.15) is 0 Å². The van der Waals surface area contributed by atoms with E-state index in [2.05, 4.69) is 46.5 Å². The molecule has 0 bridgehead atoms. The lowest BCUT2D eigenvalue weighted by Crippen LogP contribution is -2.49. The Morgan fingerprint density at radius 1 is 1.15 bits per heavy atom. The highest BCUT2D eigenvalue weighted by atomic mass is 35.5. The lowest BCUT2D eigenvalue weighted by Gasteiger charge is -2.43. The largest absolute Gasteiger partial charge is 0.385 e. The number of benzene rings is 2. The lowest BCUT2D eigenvalue weighted by atomic mass is 9.76. The second-order valence-electron chi connectivity index (χ2n) is 10.1. The van der Waals surface area contributed by atoms with Crippen molar-refractivity contribution < 1.29 is 5.11 Å². The first-order valence-corrected chi connectivity index (χ1v) is 12.6. The molecule has 1 aromatic heterocycles. The first-order valence-electron chi connectivity index (χ1n) is 11.8.